The molecule has 90 valence electrons. The van der Waals surface area contributed by atoms with Crippen LogP contribution in [0.25, 0.3) is 0 Å². The number of sulfone groups is 1. The molecule has 0 saturated carbocycles. The van der Waals surface area contributed by atoms with Gasteiger partial charge in [-0.15, -0.1) is 0 Å². The summed E-state index contributed by atoms with van der Waals surface area (Å²) in [6.45, 7) is -0.0763. The maximum atomic E-state index is 12.6. The van der Waals surface area contributed by atoms with Gasteiger partial charge in [0.15, 0.2) is 9.84 Å². The van der Waals surface area contributed by atoms with Gasteiger partial charge in [0.1, 0.15) is 0 Å². The van der Waals surface area contributed by atoms with E-state index in [1.54, 1.807) is 0 Å². The summed E-state index contributed by atoms with van der Waals surface area (Å²) in [5.41, 5.74) is 4.27. The lowest BCUT2D eigenvalue weighted by Gasteiger charge is -2.12. The highest BCUT2D eigenvalue weighted by atomic mass is 32.2. The van der Waals surface area contributed by atoms with Gasteiger partial charge in [0.25, 0.3) is 0 Å². The first-order valence-corrected chi connectivity index (χ1v) is 6.15. The van der Waals surface area contributed by atoms with Gasteiger partial charge in [-0.25, -0.2) is 8.42 Å². The van der Waals surface area contributed by atoms with Crippen molar-refractivity contribution in [3.8, 4) is 0 Å². The normalized spacial score (nSPS) is 12.8. The summed E-state index contributed by atoms with van der Waals surface area (Å²) in [5, 5.41) is 0. The fourth-order valence-electron chi connectivity index (χ4n) is 1.25. The molecule has 0 aliphatic carbocycles. The Morgan fingerprint density at radius 1 is 1.31 bits per heavy atom. The van der Waals surface area contributed by atoms with E-state index in [0.29, 0.717) is 0 Å². The van der Waals surface area contributed by atoms with Crippen molar-refractivity contribution in [2.45, 2.75) is 17.6 Å². The van der Waals surface area contributed by atoms with Crippen molar-refractivity contribution in [3.63, 3.8) is 0 Å². The molecule has 0 radical (unpaired) electrons. The van der Waals surface area contributed by atoms with Crippen LogP contribution in [0.5, 0.6) is 0 Å². The molecule has 0 fully saturated rings. The third-order valence-corrected chi connectivity index (χ3v) is 3.14. The van der Waals surface area contributed by atoms with E-state index in [4.69, 9.17) is 5.73 Å². The minimum Gasteiger partial charge on any atom is -0.326 e. The van der Waals surface area contributed by atoms with Crippen LogP contribution in [0, 0.1) is 0 Å². The lowest BCUT2D eigenvalue weighted by molar-refractivity contribution is -0.139. The Bertz CT molecular complexity index is 494. The molecule has 0 bridgehead atoms. The molecule has 0 unspecified atom stereocenters. The molecule has 2 N–H and O–H groups in total. The predicted octanol–water partition coefficient (Wildman–Crippen LogP) is 1.57. The molecule has 1 aromatic rings. The Hall–Kier alpha value is -1.08. The van der Waals surface area contributed by atoms with Crippen molar-refractivity contribution in [3.05, 3.63) is 29.3 Å². The van der Waals surface area contributed by atoms with E-state index < -0.39 is 26.5 Å². The Morgan fingerprint density at radius 2 is 1.88 bits per heavy atom. The van der Waals surface area contributed by atoms with Crippen molar-refractivity contribution in [2.75, 3.05) is 6.26 Å². The Kier molecular flexibility index (Phi) is 3.30. The molecule has 0 aliphatic heterocycles. The fourth-order valence-corrected chi connectivity index (χ4v) is 2.14. The second-order valence-corrected chi connectivity index (χ2v) is 5.29. The van der Waals surface area contributed by atoms with E-state index in [2.05, 4.69) is 0 Å². The summed E-state index contributed by atoms with van der Waals surface area (Å²) in [7, 11) is -3.90. The number of alkyl halides is 3. The zero-order chi connectivity index (χ0) is 12.6. The first kappa shape index (κ1) is 13.0. The van der Waals surface area contributed by atoms with Crippen molar-refractivity contribution >= 4 is 9.84 Å². The van der Waals surface area contributed by atoms with Crippen molar-refractivity contribution in [1.29, 1.82) is 0 Å². The van der Waals surface area contributed by atoms with Crippen LogP contribution in [-0.4, -0.2) is 14.7 Å². The van der Waals surface area contributed by atoms with E-state index in [0.717, 1.165) is 18.4 Å². The maximum absolute atomic E-state index is 12.6. The van der Waals surface area contributed by atoms with E-state index in [1.165, 1.54) is 6.07 Å². The monoisotopic (exact) mass is 253 g/mol. The SMILES string of the molecule is CS(=O)(=O)c1ccc(CN)cc1C(F)(F)F. The molecule has 0 aliphatic rings. The Balaban J connectivity index is 3.52. The molecular weight excluding hydrogens is 243 g/mol. The third-order valence-electron chi connectivity index (χ3n) is 1.98. The van der Waals surface area contributed by atoms with Gasteiger partial charge < -0.3 is 5.73 Å². The van der Waals surface area contributed by atoms with Crippen molar-refractivity contribution in [2.24, 2.45) is 5.73 Å². The summed E-state index contributed by atoms with van der Waals surface area (Å²) in [6.07, 6.45) is -3.97. The quantitative estimate of drug-likeness (QED) is 0.870. The van der Waals surface area contributed by atoms with Crippen LogP contribution in [-0.2, 0) is 22.6 Å². The highest BCUT2D eigenvalue weighted by Gasteiger charge is 2.36. The van der Waals surface area contributed by atoms with Crippen LogP contribution in [0.2, 0.25) is 0 Å². The van der Waals surface area contributed by atoms with Gasteiger partial charge in [-0.05, 0) is 17.7 Å². The van der Waals surface area contributed by atoms with Crippen LogP contribution < -0.4 is 5.73 Å². The molecule has 16 heavy (non-hydrogen) atoms. The van der Waals surface area contributed by atoms with Crippen LogP contribution in [0.15, 0.2) is 23.1 Å². The van der Waals surface area contributed by atoms with Gasteiger partial charge in [0.05, 0.1) is 10.5 Å². The highest BCUT2D eigenvalue weighted by molar-refractivity contribution is 7.90. The van der Waals surface area contributed by atoms with Gasteiger partial charge in [-0.3, -0.25) is 0 Å². The number of hydrogen-bond acceptors (Lipinski definition) is 3. The standard InChI is InChI=1S/C9H10F3NO2S/c1-16(14,15)8-3-2-6(5-13)4-7(8)9(10,11)12/h2-4H,5,13H2,1H3. The lowest BCUT2D eigenvalue weighted by Crippen LogP contribution is -2.13. The second-order valence-electron chi connectivity index (χ2n) is 3.30. The van der Waals surface area contributed by atoms with E-state index in [-0.39, 0.29) is 12.1 Å². The largest absolute Gasteiger partial charge is 0.417 e. The third kappa shape index (κ3) is 2.73. The lowest BCUT2D eigenvalue weighted by atomic mass is 10.1. The summed E-state index contributed by atoms with van der Waals surface area (Å²) < 4.78 is 60.1. The molecule has 1 rings (SSSR count). The van der Waals surface area contributed by atoms with E-state index >= 15 is 0 Å². The summed E-state index contributed by atoms with van der Waals surface area (Å²) in [5.74, 6) is 0. The summed E-state index contributed by atoms with van der Waals surface area (Å²) in [4.78, 5) is -0.725. The molecule has 1 aromatic carbocycles. The van der Waals surface area contributed by atoms with Crippen molar-refractivity contribution in [1.82, 2.24) is 0 Å². The number of rotatable bonds is 2. The zero-order valence-electron chi connectivity index (χ0n) is 8.38. The van der Waals surface area contributed by atoms with E-state index in [9.17, 15) is 21.6 Å². The molecule has 0 atom stereocenters. The minimum absolute atomic E-state index is 0.0763. The molecule has 7 heteroatoms. The van der Waals surface area contributed by atoms with Crippen LogP contribution in [0.4, 0.5) is 13.2 Å². The molecular formula is C9H10F3NO2S. The molecule has 0 heterocycles. The average molecular weight is 253 g/mol. The van der Waals surface area contributed by atoms with E-state index in [1.807, 2.05) is 0 Å². The van der Waals surface area contributed by atoms with Gasteiger partial charge in [-0.1, -0.05) is 6.07 Å². The minimum atomic E-state index is -4.70. The Labute approximate surface area is 91.0 Å². The number of nitrogens with two attached hydrogens (primary N) is 1. The first-order valence-electron chi connectivity index (χ1n) is 4.26. The maximum Gasteiger partial charge on any atom is 0.417 e. The first-order chi connectivity index (χ1) is 7.16. The summed E-state index contributed by atoms with van der Waals surface area (Å²) in [6, 6.07) is 2.96. The molecule has 0 spiro atoms. The Morgan fingerprint density at radius 3 is 2.25 bits per heavy atom. The number of halogens is 3. The predicted molar refractivity (Wildman–Crippen MR) is 52.4 cm³/mol. The number of hydrogen-bond donors (Lipinski definition) is 1. The van der Waals surface area contributed by atoms with Gasteiger partial charge in [0, 0.05) is 12.8 Å². The van der Waals surface area contributed by atoms with Gasteiger partial charge >= 0.3 is 6.18 Å². The molecule has 0 amide bonds. The van der Waals surface area contributed by atoms with Crippen LogP contribution >= 0.6 is 0 Å². The molecule has 0 aromatic heterocycles. The number of benzene rings is 1. The summed E-state index contributed by atoms with van der Waals surface area (Å²) >= 11 is 0. The zero-order valence-corrected chi connectivity index (χ0v) is 9.19. The van der Waals surface area contributed by atoms with Crippen LogP contribution in [0.1, 0.15) is 11.1 Å². The topological polar surface area (TPSA) is 60.2 Å². The van der Waals surface area contributed by atoms with Gasteiger partial charge in [0.2, 0.25) is 0 Å². The average Bonchev–Trinajstić information content (AvgIpc) is 2.14. The molecule has 3 nitrogen and oxygen atoms in total. The highest BCUT2D eigenvalue weighted by Crippen LogP contribution is 2.34. The van der Waals surface area contributed by atoms with Crippen LogP contribution in [0.3, 0.4) is 0 Å². The second kappa shape index (κ2) is 4.06. The smallest absolute Gasteiger partial charge is 0.326 e. The van der Waals surface area contributed by atoms with Gasteiger partial charge in [-0.2, -0.15) is 13.2 Å². The van der Waals surface area contributed by atoms with Crippen molar-refractivity contribution < 1.29 is 21.6 Å². The fraction of sp³-hybridized carbons (Fsp3) is 0.333. The molecule has 0 saturated heterocycles.